The van der Waals surface area contributed by atoms with Crippen molar-refractivity contribution in [3.8, 4) is 0 Å². The number of hydrogen-bond acceptors (Lipinski definition) is 2. The Hall–Kier alpha value is -0.860. The van der Waals surface area contributed by atoms with Crippen LogP contribution in [0.1, 0.15) is 39.5 Å². The van der Waals surface area contributed by atoms with Crippen LogP contribution in [0, 0.1) is 11.3 Å². The van der Waals surface area contributed by atoms with Crippen LogP contribution in [-0.4, -0.2) is 16.9 Å². The number of carbonyl (C=O) groups is 2. The average molecular weight is 184 g/mol. The predicted molar refractivity (Wildman–Crippen MR) is 48.4 cm³/mol. The zero-order valence-corrected chi connectivity index (χ0v) is 8.17. The standard InChI is InChI=1S/C10H16O3/c1-7-8(11)4-3-5-10(7,2)6-9(12)13/h7H,3-6H2,1-2H3,(H,12,13)/t7?,10-/m1/s1. The number of carbonyl (C=O) groups excluding carboxylic acids is 1. The lowest BCUT2D eigenvalue weighted by atomic mass is 9.66. The van der Waals surface area contributed by atoms with Gasteiger partial charge in [-0.1, -0.05) is 13.8 Å². The molecule has 0 bridgehead atoms. The van der Waals surface area contributed by atoms with Gasteiger partial charge < -0.3 is 5.11 Å². The molecule has 1 aliphatic carbocycles. The maximum absolute atomic E-state index is 11.4. The summed E-state index contributed by atoms with van der Waals surface area (Å²) in [5.74, 6) is -0.684. The van der Waals surface area contributed by atoms with Gasteiger partial charge in [-0.15, -0.1) is 0 Å². The van der Waals surface area contributed by atoms with Gasteiger partial charge in [-0.2, -0.15) is 0 Å². The molecule has 0 spiro atoms. The summed E-state index contributed by atoms with van der Waals surface area (Å²) >= 11 is 0. The smallest absolute Gasteiger partial charge is 0.303 e. The minimum absolute atomic E-state index is 0.0997. The summed E-state index contributed by atoms with van der Waals surface area (Å²) < 4.78 is 0. The molecule has 13 heavy (non-hydrogen) atoms. The number of ketones is 1. The number of rotatable bonds is 2. The van der Waals surface area contributed by atoms with E-state index >= 15 is 0 Å². The molecule has 0 aromatic heterocycles. The van der Waals surface area contributed by atoms with Crippen molar-refractivity contribution >= 4 is 11.8 Å². The molecule has 0 heterocycles. The lowest BCUT2D eigenvalue weighted by Gasteiger charge is -2.37. The molecule has 0 aliphatic heterocycles. The molecule has 3 nitrogen and oxygen atoms in total. The number of hydrogen-bond donors (Lipinski definition) is 1. The van der Waals surface area contributed by atoms with Crippen LogP contribution in [0.15, 0.2) is 0 Å². The van der Waals surface area contributed by atoms with Crippen molar-refractivity contribution in [3.05, 3.63) is 0 Å². The summed E-state index contributed by atoms with van der Waals surface area (Å²) in [6.45, 7) is 3.76. The number of Topliss-reactive ketones (excluding diaryl/α,β-unsaturated/α-hetero) is 1. The van der Waals surface area contributed by atoms with Gasteiger partial charge >= 0.3 is 5.97 Å². The number of carboxylic acid groups (broad SMARTS) is 1. The largest absolute Gasteiger partial charge is 0.481 e. The normalized spacial score (nSPS) is 34.6. The molecule has 1 rings (SSSR count). The van der Waals surface area contributed by atoms with Crippen molar-refractivity contribution in [1.82, 2.24) is 0 Å². The second-order valence-electron chi connectivity index (χ2n) is 4.27. The van der Waals surface area contributed by atoms with Crippen molar-refractivity contribution in [2.45, 2.75) is 39.5 Å². The first-order valence-corrected chi connectivity index (χ1v) is 4.70. The van der Waals surface area contributed by atoms with Gasteiger partial charge in [0, 0.05) is 12.3 Å². The molecular weight excluding hydrogens is 168 g/mol. The molecule has 2 atom stereocenters. The van der Waals surface area contributed by atoms with Crippen LogP contribution in [0.2, 0.25) is 0 Å². The van der Waals surface area contributed by atoms with Crippen molar-refractivity contribution in [3.63, 3.8) is 0 Å². The van der Waals surface area contributed by atoms with Gasteiger partial charge in [-0.3, -0.25) is 9.59 Å². The molecule has 1 N–H and O–H groups in total. The fraction of sp³-hybridized carbons (Fsp3) is 0.800. The fourth-order valence-electron chi connectivity index (χ4n) is 2.08. The summed E-state index contributed by atoms with van der Waals surface area (Å²) in [6.07, 6.45) is 2.43. The van der Waals surface area contributed by atoms with Crippen molar-refractivity contribution in [2.24, 2.45) is 11.3 Å². The summed E-state index contributed by atoms with van der Waals surface area (Å²) in [4.78, 5) is 22.0. The minimum Gasteiger partial charge on any atom is -0.481 e. The summed E-state index contributed by atoms with van der Waals surface area (Å²) in [5, 5.41) is 8.72. The van der Waals surface area contributed by atoms with Gasteiger partial charge in [-0.25, -0.2) is 0 Å². The molecule has 0 saturated heterocycles. The van der Waals surface area contributed by atoms with Crippen LogP contribution in [0.3, 0.4) is 0 Å². The third-order valence-corrected chi connectivity index (χ3v) is 3.25. The topological polar surface area (TPSA) is 54.4 Å². The quantitative estimate of drug-likeness (QED) is 0.712. The molecule has 1 saturated carbocycles. The van der Waals surface area contributed by atoms with E-state index in [0.717, 1.165) is 12.8 Å². The van der Waals surface area contributed by atoms with Gasteiger partial charge in [0.15, 0.2) is 0 Å². The van der Waals surface area contributed by atoms with E-state index in [2.05, 4.69) is 0 Å². The van der Waals surface area contributed by atoms with Crippen molar-refractivity contribution in [2.75, 3.05) is 0 Å². The average Bonchev–Trinajstić information content (AvgIpc) is 1.99. The second-order valence-corrected chi connectivity index (χ2v) is 4.27. The van der Waals surface area contributed by atoms with E-state index in [1.54, 1.807) is 0 Å². The molecule has 1 fully saturated rings. The Morgan fingerprint density at radius 2 is 2.31 bits per heavy atom. The van der Waals surface area contributed by atoms with Crippen LogP contribution in [0.4, 0.5) is 0 Å². The maximum atomic E-state index is 11.4. The first-order chi connectivity index (χ1) is 5.96. The van der Waals surface area contributed by atoms with Gasteiger partial charge in [0.2, 0.25) is 0 Å². The van der Waals surface area contributed by atoms with E-state index in [-0.39, 0.29) is 23.5 Å². The minimum atomic E-state index is -0.802. The SMILES string of the molecule is CC1C(=O)CCC[C@]1(C)CC(=O)O. The zero-order valence-electron chi connectivity index (χ0n) is 8.17. The first kappa shape index (κ1) is 10.2. The Balaban J connectivity index is 2.74. The summed E-state index contributed by atoms with van der Waals surface area (Å²) in [7, 11) is 0. The van der Waals surface area contributed by atoms with E-state index in [1.165, 1.54) is 0 Å². The Labute approximate surface area is 78.1 Å². The van der Waals surface area contributed by atoms with E-state index in [0.29, 0.717) is 6.42 Å². The van der Waals surface area contributed by atoms with Crippen molar-refractivity contribution in [1.29, 1.82) is 0 Å². The number of carboxylic acids is 1. The molecule has 1 unspecified atom stereocenters. The van der Waals surface area contributed by atoms with Gasteiger partial charge in [0.05, 0.1) is 6.42 Å². The van der Waals surface area contributed by atoms with Gasteiger partial charge in [-0.05, 0) is 18.3 Å². The monoisotopic (exact) mass is 184 g/mol. The Morgan fingerprint density at radius 3 is 2.85 bits per heavy atom. The fourth-order valence-corrected chi connectivity index (χ4v) is 2.08. The van der Waals surface area contributed by atoms with Crippen LogP contribution < -0.4 is 0 Å². The molecule has 74 valence electrons. The highest BCUT2D eigenvalue weighted by atomic mass is 16.4. The van der Waals surface area contributed by atoms with Crippen LogP contribution in [-0.2, 0) is 9.59 Å². The highest BCUT2D eigenvalue weighted by Crippen LogP contribution is 2.41. The molecular formula is C10H16O3. The molecule has 1 aliphatic rings. The van der Waals surface area contributed by atoms with E-state index < -0.39 is 5.97 Å². The predicted octanol–water partition coefficient (Wildman–Crippen LogP) is 1.86. The van der Waals surface area contributed by atoms with Gasteiger partial charge in [0.25, 0.3) is 0 Å². The molecule has 0 radical (unpaired) electrons. The van der Waals surface area contributed by atoms with Crippen molar-refractivity contribution < 1.29 is 14.7 Å². The lowest BCUT2D eigenvalue weighted by molar-refractivity contribution is -0.142. The maximum Gasteiger partial charge on any atom is 0.303 e. The summed E-state index contributed by atoms with van der Waals surface area (Å²) in [5.41, 5.74) is -0.318. The zero-order chi connectivity index (χ0) is 10.1. The third-order valence-electron chi connectivity index (χ3n) is 3.25. The molecule has 0 aromatic carbocycles. The molecule has 3 heteroatoms. The van der Waals surface area contributed by atoms with Gasteiger partial charge in [0.1, 0.15) is 5.78 Å². The van der Waals surface area contributed by atoms with E-state index in [4.69, 9.17) is 5.11 Å². The van der Waals surface area contributed by atoms with Crippen LogP contribution >= 0.6 is 0 Å². The first-order valence-electron chi connectivity index (χ1n) is 4.70. The Morgan fingerprint density at radius 1 is 1.69 bits per heavy atom. The van der Waals surface area contributed by atoms with E-state index in [9.17, 15) is 9.59 Å². The van der Waals surface area contributed by atoms with Crippen LogP contribution in [0.25, 0.3) is 0 Å². The summed E-state index contributed by atoms with van der Waals surface area (Å²) in [6, 6.07) is 0. The van der Waals surface area contributed by atoms with E-state index in [1.807, 2.05) is 13.8 Å². The Bertz CT molecular complexity index is 234. The molecule has 0 amide bonds. The lowest BCUT2D eigenvalue weighted by Crippen LogP contribution is -2.37. The number of aliphatic carboxylic acids is 1. The molecule has 0 aromatic rings. The highest BCUT2D eigenvalue weighted by Gasteiger charge is 2.39. The second kappa shape index (κ2) is 3.48. The Kier molecular flexibility index (Phi) is 2.74. The third kappa shape index (κ3) is 2.08. The van der Waals surface area contributed by atoms with Crippen LogP contribution in [0.5, 0.6) is 0 Å². The highest BCUT2D eigenvalue weighted by molar-refractivity contribution is 5.83.